The Bertz CT molecular complexity index is 1450. The maximum atomic E-state index is 9.15. The van der Waals surface area contributed by atoms with Crippen LogP contribution in [-0.2, 0) is 6.54 Å². The van der Waals surface area contributed by atoms with E-state index in [1.807, 2.05) is 24.3 Å². The zero-order valence-electron chi connectivity index (χ0n) is 20.3. The largest absolute Gasteiger partial charge is 0.371 e. The van der Waals surface area contributed by atoms with Gasteiger partial charge >= 0.3 is 0 Å². The first kappa shape index (κ1) is 24.4. The van der Waals surface area contributed by atoms with Gasteiger partial charge in [0.15, 0.2) is 5.82 Å². The predicted molar refractivity (Wildman–Crippen MR) is 148 cm³/mol. The molecule has 0 amide bonds. The molecule has 4 heterocycles. The zero-order chi connectivity index (χ0) is 24.1. The van der Waals surface area contributed by atoms with Crippen LogP contribution in [0.3, 0.4) is 0 Å². The number of rotatable bonds is 4. The van der Waals surface area contributed by atoms with Crippen LogP contribution < -0.4 is 4.90 Å². The number of nitriles is 1. The number of anilines is 1. The predicted octanol–water partition coefficient (Wildman–Crippen LogP) is 4.79. The third-order valence-corrected chi connectivity index (χ3v) is 7.47. The minimum absolute atomic E-state index is 0. The van der Waals surface area contributed by atoms with E-state index in [2.05, 4.69) is 73.6 Å². The third-order valence-electron chi connectivity index (χ3n) is 7.06. The molecular formula is C27H28ClN7S. The van der Waals surface area contributed by atoms with Crippen molar-refractivity contribution in [3.63, 3.8) is 0 Å². The zero-order valence-corrected chi connectivity index (χ0v) is 22.1. The number of aromatic nitrogens is 4. The van der Waals surface area contributed by atoms with Gasteiger partial charge in [0, 0.05) is 30.9 Å². The van der Waals surface area contributed by atoms with Crippen LogP contribution in [0.4, 0.5) is 5.69 Å². The Morgan fingerprint density at radius 2 is 1.94 bits per heavy atom. The van der Waals surface area contributed by atoms with Gasteiger partial charge in [-0.1, -0.05) is 23.7 Å². The molecular weight excluding hydrogens is 490 g/mol. The Balaban J connectivity index is 0.00000267. The van der Waals surface area contributed by atoms with Crippen molar-refractivity contribution in [2.24, 2.45) is 5.92 Å². The molecule has 2 aliphatic heterocycles. The van der Waals surface area contributed by atoms with Gasteiger partial charge in [-0.2, -0.15) is 18.8 Å². The Morgan fingerprint density at radius 3 is 2.69 bits per heavy atom. The van der Waals surface area contributed by atoms with E-state index in [0.717, 1.165) is 48.0 Å². The van der Waals surface area contributed by atoms with Crippen molar-refractivity contribution in [3.8, 4) is 34.4 Å². The van der Waals surface area contributed by atoms with Crippen molar-refractivity contribution in [1.29, 1.82) is 5.26 Å². The Hall–Kier alpha value is -3.25. The summed E-state index contributed by atoms with van der Waals surface area (Å²) in [5.74, 6) is 1.46. The summed E-state index contributed by atoms with van der Waals surface area (Å²) in [5, 5.41) is 18.5. The van der Waals surface area contributed by atoms with E-state index in [-0.39, 0.29) is 13.5 Å². The lowest BCUT2D eigenvalue weighted by atomic mass is 10.1. The molecule has 2 aromatic carbocycles. The molecule has 4 aromatic rings. The smallest absolute Gasteiger partial charge is 0.185 e. The molecule has 0 unspecified atom stereocenters. The summed E-state index contributed by atoms with van der Waals surface area (Å²) in [4.78, 5) is 4.77. The molecule has 2 aromatic heterocycles. The fraction of sp³-hybridized carbons (Fsp3) is 0.296. The van der Waals surface area contributed by atoms with Gasteiger partial charge in [-0.3, -0.25) is 4.57 Å². The minimum atomic E-state index is 0. The van der Waals surface area contributed by atoms with Crippen LogP contribution >= 0.6 is 25.1 Å². The highest BCUT2D eigenvalue weighted by molar-refractivity contribution is 7.59. The molecule has 36 heavy (non-hydrogen) atoms. The summed E-state index contributed by atoms with van der Waals surface area (Å²) >= 11 is 6.98. The normalized spacial score (nSPS) is 16.1. The van der Waals surface area contributed by atoms with Crippen molar-refractivity contribution in [1.82, 2.24) is 24.2 Å². The van der Waals surface area contributed by atoms with Crippen LogP contribution in [0.2, 0.25) is 5.15 Å². The topological polar surface area (TPSA) is 65.9 Å². The lowest BCUT2D eigenvalue weighted by molar-refractivity contribution is 0.340. The molecule has 1 fully saturated rings. The molecule has 0 radical (unpaired) electrons. The number of halogens is 1. The highest BCUT2D eigenvalue weighted by Gasteiger charge is 2.27. The average molecular weight is 518 g/mol. The van der Waals surface area contributed by atoms with Crippen molar-refractivity contribution in [3.05, 3.63) is 71.1 Å². The molecule has 9 heteroatoms. The number of fused-ring (bicyclic) bond motifs is 5. The van der Waals surface area contributed by atoms with Crippen molar-refractivity contribution in [2.75, 3.05) is 38.6 Å². The molecule has 1 atom stereocenters. The maximum Gasteiger partial charge on any atom is 0.185 e. The fourth-order valence-electron chi connectivity index (χ4n) is 5.41. The minimum Gasteiger partial charge on any atom is -0.371 e. The lowest BCUT2D eigenvalue weighted by Crippen LogP contribution is -2.25. The van der Waals surface area contributed by atoms with E-state index in [1.165, 1.54) is 17.7 Å². The summed E-state index contributed by atoms with van der Waals surface area (Å²) in [7, 11) is 4.29. The Labute approximate surface area is 223 Å². The first-order valence-electron chi connectivity index (χ1n) is 11.8. The second kappa shape index (κ2) is 9.66. The van der Waals surface area contributed by atoms with E-state index < -0.39 is 0 Å². The van der Waals surface area contributed by atoms with Crippen LogP contribution in [0.15, 0.2) is 54.9 Å². The van der Waals surface area contributed by atoms with Gasteiger partial charge in [0.2, 0.25) is 0 Å². The quantitative estimate of drug-likeness (QED) is 0.343. The average Bonchev–Trinajstić information content (AvgIpc) is 3.57. The monoisotopic (exact) mass is 517 g/mol. The fourth-order valence-corrected chi connectivity index (χ4v) is 5.73. The van der Waals surface area contributed by atoms with Gasteiger partial charge in [0.25, 0.3) is 0 Å². The van der Waals surface area contributed by atoms with Crippen LogP contribution in [0.5, 0.6) is 0 Å². The standard InChI is InChI=1S/C27H26ClN7.H2S/c1-32(2)14-19-9-10-33(15-19)22-7-8-24-21(11-22)16-34-25(27-31-30-17-35(24)27)12-23(26(34)28)20-5-3-18(13-29)4-6-20;/h3-8,11-12,17,19H,9-10,14-16H2,1-2H3;1H2/t19-;/m0./s1. The highest BCUT2D eigenvalue weighted by atomic mass is 35.5. The second-order valence-corrected chi connectivity index (χ2v) is 10.1. The maximum absolute atomic E-state index is 9.15. The molecule has 0 aliphatic carbocycles. The van der Waals surface area contributed by atoms with E-state index >= 15 is 0 Å². The number of hydrogen-bond acceptors (Lipinski definition) is 5. The van der Waals surface area contributed by atoms with Crippen molar-refractivity contribution < 1.29 is 0 Å². The number of nitrogens with zero attached hydrogens (tertiary/aromatic N) is 7. The van der Waals surface area contributed by atoms with Gasteiger partial charge in [-0.15, -0.1) is 10.2 Å². The van der Waals surface area contributed by atoms with Gasteiger partial charge in [-0.05, 0) is 74.0 Å². The summed E-state index contributed by atoms with van der Waals surface area (Å²) in [6, 6.07) is 18.4. The lowest BCUT2D eigenvalue weighted by Gasteiger charge is -2.22. The van der Waals surface area contributed by atoms with Crippen molar-refractivity contribution in [2.45, 2.75) is 13.0 Å². The summed E-state index contributed by atoms with van der Waals surface area (Å²) in [6.07, 6.45) is 2.99. The van der Waals surface area contributed by atoms with E-state index in [1.54, 1.807) is 6.33 Å². The van der Waals surface area contributed by atoms with Crippen LogP contribution in [0, 0.1) is 17.2 Å². The summed E-state index contributed by atoms with van der Waals surface area (Å²) in [5.41, 5.74) is 6.96. The van der Waals surface area contributed by atoms with E-state index in [0.29, 0.717) is 23.2 Å². The highest BCUT2D eigenvalue weighted by Crippen LogP contribution is 2.40. The van der Waals surface area contributed by atoms with Crippen molar-refractivity contribution >= 4 is 30.8 Å². The first-order valence-corrected chi connectivity index (χ1v) is 12.2. The van der Waals surface area contributed by atoms with Crippen LogP contribution in [0.25, 0.3) is 28.3 Å². The molecule has 2 aliphatic rings. The van der Waals surface area contributed by atoms with Gasteiger partial charge in [-0.25, -0.2) is 0 Å². The SMILES string of the molecule is CN(C)C[C@@H]1CCN(c2ccc3c(c2)Cn2c(cc(-c4ccc(C#N)cc4)c2Cl)-c2nncn2-3)C1.S. The second-order valence-electron chi connectivity index (χ2n) is 9.71. The van der Waals surface area contributed by atoms with Gasteiger partial charge in [0.05, 0.1) is 29.6 Å². The summed E-state index contributed by atoms with van der Waals surface area (Å²) in [6.45, 7) is 3.92. The van der Waals surface area contributed by atoms with E-state index in [9.17, 15) is 0 Å². The van der Waals surface area contributed by atoms with Gasteiger partial charge in [0.1, 0.15) is 11.5 Å². The number of hydrogen-bond donors (Lipinski definition) is 0. The molecule has 6 rings (SSSR count). The van der Waals surface area contributed by atoms with Crippen LogP contribution in [-0.4, -0.2) is 58.0 Å². The van der Waals surface area contributed by atoms with Gasteiger partial charge < -0.3 is 14.4 Å². The van der Waals surface area contributed by atoms with E-state index in [4.69, 9.17) is 16.9 Å². The molecule has 184 valence electrons. The van der Waals surface area contributed by atoms with Crippen LogP contribution in [0.1, 0.15) is 17.5 Å². The molecule has 1 saturated heterocycles. The molecule has 0 bridgehead atoms. The third kappa shape index (κ3) is 4.17. The first-order chi connectivity index (χ1) is 17.0. The molecule has 7 nitrogen and oxygen atoms in total. The molecule has 0 saturated carbocycles. The Kier molecular flexibility index (Phi) is 6.56. The number of benzene rings is 2. The Morgan fingerprint density at radius 1 is 1.14 bits per heavy atom. The molecule has 0 spiro atoms. The molecule has 0 N–H and O–H groups in total. The summed E-state index contributed by atoms with van der Waals surface area (Å²) < 4.78 is 4.17.